The summed E-state index contributed by atoms with van der Waals surface area (Å²) in [5, 5.41) is 0. The van der Waals surface area contributed by atoms with Crippen molar-refractivity contribution >= 4 is 12.0 Å². The van der Waals surface area contributed by atoms with Crippen LogP contribution in [0.5, 0.6) is 5.75 Å². The number of carbonyl (C=O) groups is 2. The van der Waals surface area contributed by atoms with Crippen molar-refractivity contribution in [1.82, 2.24) is 9.80 Å². The van der Waals surface area contributed by atoms with Crippen LogP contribution in [0.25, 0.3) is 0 Å². The highest BCUT2D eigenvalue weighted by atomic mass is 19.2. The van der Waals surface area contributed by atoms with E-state index in [4.69, 9.17) is 4.74 Å². The molecule has 2 aromatic carbocycles. The van der Waals surface area contributed by atoms with Crippen molar-refractivity contribution < 1.29 is 32.2 Å². The smallest absolute Gasteiger partial charge is 0.410 e. The predicted octanol–water partition coefficient (Wildman–Crippen LogP) is 3.78. The highest BCUT2D eigenvalue weighted by Gasteiger charge is 2.40. The van der Waals surface area contributed by atoms with Crippen LogP contribution in [-0.4, -0.2) is 60.7 Å². The van der Waals surface area contributed by atoms with Gasteiger partial charge in [0.1, 0.15) is 6.61 Å². The van der Waals surface area contributed by atoms with Gasteiger partial charge in [0.2, 0.25) is 5.82 Å². The summed E-state index contributed by atoms with van der Waals surface area (Å²) in [5.41, 5.74) is 0.512. The number of piperidine rings is 1. The number of hydrogen-bond acceptors (Lipinski definition) is 4. The van der Waals surface area contributed by atoms with Gasteiger partial charge in [0.05, 0.1) is 18.7 Å². The summed E-state index contributed by atoms with van der Waals surface area (Å²) < 4.78 is 51.9. The Balaban J connectivity index is 1.44. The standard InChI is InChI=1S/C23H23F3N2O4/c1-31-21-19(25)17(12-18(24)20(21)26)22(29)27-9-7-15(8-10-27)28-16(13-32-23(28)30)11-14-5-3-2-4-6-14/h2-6,12,15-16H,7-11,13H2,1H3. The number of likely N-dealkylation sites (tertiary alicyclic amines) is 1. The summed E-state index contributed by atoms with van der Waals surface area (Å²) in [4.78, 5) is 28.3. The molecule has 1 unspecified atom stereocenters. The predicted molar refractivity (Wildman–Crippen MR) is 109 cm³/mol. The number of amides is 2. The summed E-state index contributed by atoms with van der Waals surface area (Å²) in [6, 6.07) is 10.1. The lowest BCUT2D eigenvalue weighted by atomic mass is 9.98. The van der Waals surface area contributed by atoms with Crippen molar-refractivity contribution in [3.05, 3.63) is 65.0 Å². The molecule has 170 valence electrons. The molecule has 0 bridgehead atoms. The molecule has 0 saturated carbocycles. The van der Waals surface area contributed by atoms with Crippen LogP contribution in [0, 0.1) is 17.5 Å². The molecule has 9 heteroatoms. The van der Waals surface area contributed by atoms with Gasteiger partial charge >= 0.3 is 6.09 Å². The molecule has 0 aliphatic carbocycles. The Morgan fingerprint density at radius 1 is 1.12 bits per heavy atom. The Hall–Kier alpha value is -3.23. The first-order valence-corrected chi connectivity index (χ1v) is 10.4. The highest BCUT2D eigenvalue weighted by molar-refractivity contribution is 5.95. The van der Waals surface area contributed by atoms with Gasteiger partial charge in [0, 0.05) is 19.1 Å². The first kappa shape index (κ1) is 22.0. The molecular weight excluding hydrogens is 425 g/mol. The number of carbonyl (C=O) groups excluding carboxylic acids is 2. The molecule has 0 aromatic heterocycles. The van der Waals surface area contributed by atoms with Gasteiger partial charge in [0.15, 0.2) is 17.4 Å². The largest absolute Gasteiger partial charge is 0.491 e. The van der Waals surface area contributed by atoms with Crippen LogP contribution in [0.1, 0.15) is 28.8 Å². The van der Waals surface area contributed by atoms with Crippen LogP contribution < -0.4 is 4.74 Å². The Labute approximate surface area is 183 Å². The molecule has 2 aromatic rings. The summed E-state index contributed by atoms with van der Waals surface area (Å²) >= 11 is 0. The zero-order valence-corrected chi connectivity index (χ0v) is 17.5. The van der Waals surface area contributed by atoms with Crippen LogP contribution in [0.15, 0.2) is 36.4 Å². The third-order valence-corrected chi connectivity index (χ3v) is 6.01. The lowest BCUT2D eigenvalue weighted by molar-refractivity contribution is 0.0631. The zero-order chi connectivity index (χ0) is 22.8. The van der Waals surface area contributed by atoms with Gasteiger partial charge in [-0.25, -0.2) is 13.6 Å². The second-order valence-corrected chi connectivity index (χ2v) is 7.92. The summed E-state index contributed by atoms with van der Waals surface area (Å²) in [6.45, 7) is 0.783. The number of halogens is 3. The number of cyclic esters (lactones) is 1. The van der Waals surface area contributed by atoms with Crippen molar-refractivity contribution in [1.29, 1.82) is 0 Å². The fraction of sp³-hybridized carbons (Fsp3) is 0.391. The zero-order valence-electron chi connectivity index (χ0n) is 17.5. The van der Waals surface area contributed by atoms with Gasteiger partial charge in [-0.15, -0.1) is 0 Å². The number of benzene rings is 2. The minimum absolute atomic E-state index is 0.106. The Morgan fingerprint density at radius 3 is 2.47 bits per heavy atom. The van der Waals surface area contributed by atoms with E-state index in [0.717, 1.165) is 12.7 Å². The first-order valence-electron chi connectivity index (χ1n) is 10.4. The molecule has 0 radical (unpaired) electrons. The van der Waals surface area contributed by atoms with E-state index in [9.17, 15) is 22.8 Å². The second kappa shape index (κ2) is 9.10. The summed E-state index contributed by atoms with van der Waals surface area (Å²) in [5.74, 6) is -5.73. The highest BCUT2D eigenvalue weighted by Crippen LogP contribution is 2.30. The molecule has 2 saturated heterocycles. The van der Waals surface area contributed by atoms with E-state index >= 15 is 0 Å². The van der Waals surface area contributed by atoms with E-state index in [1.807, 2.05) is 30.3 Å². The Bertz CT molecular complexity index is 1010. The summed E-state index contributed by atoms with van der Waals surface area (Å²) in [7, 11) is 1.00. The van der Waals surface area contributed by atoms with Crippen LogP contribution in [0.3, 0.4) is 0 Å². The van der Waals surface area contributed by atoms with Crippen molar-refractivity contribution in [3.8, 4) is 5.75 Å². The van der Waals surface area contributed by atoms with E-state index in [1.165, 1.54) is 4.90 Å². The van der Waals surface area contributed by atoms with E-state index in [2.05, 4.69) is 4.74 Å². The molecule has 6 nitrogen and oxygen atoms in total. The van der Waals surface area contributed by atoms with E-state index < -0.39 is 34.7 Å². The summed E-state index contributed by atoms with van der Waals surface area (Å²) in [6.07, 6.45) is 1.21. The third kappa shape index (κ3) is 4.11. The molecule has 0 spiro atoms. The van der Waals surface area contributed by atoms with Crippen molar-refractivity contribution in [2.24, 2.45) is 0 Å². The molecule has 0 N–H and O–H groups in total. The van der Waals surface area contributed by atoms with Gasteiger partial charge in [-0.1, -0.05) is 30.3 Å². The molecule has 32 heavy (non-hydrogen) atoms. The maximum atomic E-state index is 14.5. The molecule has 2 aliphatic heterocycles. The number of ether oxygens (including phenoxy) is 2. The molecule has 4 rings (SSSR count). The maximum Gasteiger partial charge on any atom is 0.410 e. The molecule has 2 fully saturated rings. The van der Waals surface area contributed by atoms with Crippen molar-refractivity contribution in [3.63, 3.8) is 0 Å². The number of hydrogen-bond donors (Lipinski definition) is 0. The molecule has 2 amide bonds. The Morgan fingerprint density at radius 2 is 1.81 bits per heavy atom. The average molecular weight is 448 g/mol. The van der Waals surface area contributed by atoms with E-state index in [-0.39, 0.29) is 31.3 Å². The number of rotatable bonds is 5. The van der Waals surface area contributed by atoms with Gasteiger partial charge in [-0.2, -0.15) is 4.39 Å². The number of methoxy groups -OCH3 is 1. The van der Waals surface area contributed by atoms with Gasteiger partial charge < -0.3 is 14.4 Å². The topological polar surface area (TPSA) is 59.1 Å². The van der Waals surface area contributed by atoms with Crippen LogP contribution in [0.4, 0.5) is 18.0 Å². The van der Waals surface area contributed by atoms with Crippen LogP contribution >= 0.6 is 0 Å². The van der Waals surface area contributed by atoms with E-state index in [1.54, 1.807) is 4.90 Å². The van der Waals surface area contributed by atoms with Crippen LogP contribution in [-0.2, 0) is 11.2 Å². The average Bonchev–Trinajstić information content (AvgIpc) is 3.17. The molecule has 2 aliphatic rings. The monoisotopic (exact) mass is 448 g/mol. The fourth-order valence-electron chi connectivity index (χ4n) is 4.39. The van der Waals surface area contributed by atoms with Gasteiger partial charge in [-0.05, 0) is 30.9 Å². The van der Waals surface area contributed by atoms with E-state index in [0.29, 0.717) is 31.9 Å². The fourth-order valence-corrected chi connectivity index (χ4v) is 4.39. The quantitative estimate of drug-likeness (QED) is 0.654. The lowest BCUT2D eigenvalue weighted by Gasteiger charge is -2.38. The minimum atomic E-state index is -1.47. The second-order valence-electron chi connectivity index (χ2n) is 7.92. The molecule has 1 atom stereocenters. The van der Waals surface area contributed by atoms with Crippen molar-refractivity contribution in [2.75, 3.05) is 26.8 Å². The molecule has 2 heterocycles. The van der Waals surface area contributed by atoms with Crippen molar-refractivity contribution in [2.45, 2.75) is 31.3 Å². The minimum Gasteiger partial charge on any atom is -0.491 e. The lowest BCUT2D eigenvalue weighted by Crippen LogP contribution is -2.50. The van der Waals surface area contributed by atoms with Gasteiger partial charge in [-0.3, -0.25) is 9.69 Å². The first-order chi connectivity index (χ1) is 15.4. The third-order valence-electron chi connectivity index (χ3n) is 6.01. The maximum absolute atomic E-state index is 14.5. The Kier molecular flexibility index (Phi) is 6.25. The number of nitrogens with zero attached hydrogens (tertiary/aromatic N) is 2. The normalized spacial score (nSPS) is 19.2. The van der Waals surface area contributed by atoms with Crippen LogP contribution in [0.2, 0.25) is 0 Å². The SMILES string of the molecule is COc1c(F)c(F)cc(C(=O)N2CCC(N3C(=O)OCC3Cc3ccccc3)CC2)c1F. The molecular formula is C23H23F3N2O4. The van der Waals surface area contributed by atoms with Gasteiger partial charge in [0.25, 0.3) is 5.91 Å².